The number of furan rings is 1. The standard InChI is InChI=1S/C18H13BrN2O3/c1-10-14-9-13(22-2)6-7-15(14)23-16(10)17-20-18(24-21-17)11-4-3-5-12(19)8-11/h3-9H,1-2H3. The Bertz CT molecular complexity index is 1040. The van der Waals surface area contributed by atoms with E-state index in [-0.39, 0.29) is 0 Å². The molecule has 6 heteroatoms. The number of methoxy groups -OCH3 is 1. The number of ether oxygens (including phenoxy) is 1. The molecule has 0 amide bonds. The highest BCUT2D eigenvalue weighted by molar-refractivity contribution is 9.10. The quantitative estimate of drug-likeness (QED) is 0.483. The minimum Gasteiger partial charge on any atom is -0.497 e. The molecule has 0 fully saturated rings. The number of fused-ring (bicyclic) bond motifs is 1. The first-order valence-corrected chi connectivity index (χ1v) is 8.12. The Morgan fingerprint density at radius 2 is 2.00 bits per heavy atom. The lowest BCUT2D eigenvalue weighted by Crippen LogP contribution is -1.82. The van der Waals surface area contributed by atoms with Crippen LogP contribution in [0.4, 0.5) is 0 Å². The summed E-state index contributed by atoms with van der Waals surface area (Å²) in [6.07, 6.45) is 0. The van der Waals surface area contributed by atoms with Crippen molar-refractivity contribution in [3.63, 3.8) is 0 Å². The van der Waals surface area contributed by atoms with E-state index >= 15 is 0 Å². The van der Waals surface area contributed by atoms with Crippen molar-refractivity contribution >= 4 is 26.9 Å². The number of hydrogen-bond donors (Lipinski definition) is 0. The fraction of sp³-hybridized carbons (Fsp3) is 0.111. The monoisotopic (exact) mass is 384 g/mol. The number of benzene rings is 2. The molecule has 24 heavy (non-hydrogen) atoms. The topological polar surface area (TPSA) is 61.3 Å². The fourth-order valence-electron chi connectivity index (χ4n) is 2.59. The van der Waals surface area contributed by atoms with Crippen LogP contribution in [0.1, 0.15) is 5.56 Å². The van der Waals surface area contributed by atoms with Crippen LogP contribution in [-0.4, -0.2) is 17.3 Å². The average Bonchev–Trinajstić information content (AvgIpc) is 3.20. The summed E-state index contributed by atoms with van der Waals surface area (Å²) >= 11 is 3.44. The zero-order valence-corrected chi connectivity index (χ0v) is 14.6. The largest absolute Gasteiger partial charge is 0.497 e. The van der Waals surface area contributed by atoms with Gasteiger partial charge in [-0.25, -0.2) is 0 Å². The van der Waals surface area contributed by atoms with Gasteiger partial charge in [0.25, 0.3) is 5.89 Å². The van der Waals surface area contributed by atoms with Crippen LogP contribution >= 0.6 is 15.9 Å². The molecule has 0 aliphatic heterocycles. The third-order valence-corrected chi connectivity index (χ3v) is 4.34. The highest BCUT2D eigenvalue weighted by atomic mass is 79.9. The molecule has 0 unspecified atom stereocenters. The summed E-state index contributed by atoms with van der Waals surface area (Å²) in [5, 5.41) is 5.04. The first kappa shape index (κ1) is 15.0. The van der Waals surface area contributed by atoms with Gasteiger partial charge < -0.3 is 13.7 Å². The van der Waals surface area contributed by atoms with Crippen LogP contribution in [0, 0.1) is 6.92 Å². The molecule has 2 heterocycles. The van der Waals surface area contributed by atoms with E-state index < -0.39 is 0 Å². The molecule has 0 aliphatic carbocycles. The zero-order valence-electron chi connectivity index (χ0n) is 13.0. The van der Waals surface area contributed by atoms with Crippen LogP contribution < -0.4 is 4.74 Å². The van der Waals surface area contributed by atoms with Crippen molar-refractivity contribution in [2.45, 2.75) is 6.92 Å². The Morgan fingerprint density at radius 1 is 1.12 bits per heavy atom. The molecule has 4 rings (SSSR count). The number of aryl methyl sites for hydroxylation is 1. The van der Waals surface area contributed by atoms with Gasteiger partial charge in [0, 0.05) is 21.0 Å². The molecule has 0 radical (unpaired) electrons. The smallest absolute Gasteiger partial charge is 0.258 e. The van der Waals surface area contributed by atoms with Crippen LogP contribution in [0.25, 0.3) is 34.0 Å². The highest BCUT2D eigenvalue weighted by Crippen LogP contribution is 2.34. The predicted octanol–water partition coefficient (Wildman–Crippen LogP) is 5.23. The Kier molecular flexibility index (Phi) is 3.61. The molecule has 0 spiro atoms. The number of halogens is 1. The van der Waals surface area contributed by atoms with E-state index in [1.807, 2.05) is 49.4 Å². The summed E-state index contributed by atoms with van der Waals surface area (Å²) in [6.45, 7) is 1.97. The van der Waals surface area contributed by atoms with Crippen LogP contribution in [-0.2, 0) is 0 Å². The van der Waals surface area contributed by atoms with Crippen molar-refractivity contribution in [2.24, 2.45) is 0 Å². The number of hydrogen-bond acceptors (Lipinski definition) is 5. The third kappa shape index (κ3) is 2.49. The second kappa shape index (κ2) is 5.79. The van der Waals surface area contributed by atoms with Crippen LogP contribution in [0.2, 0.25) is 0 Å². The van der Waals surface area contributed by atoms with Crippen molar-refractivity contribution in [1.82, 2.24) is 10.1 Å². The Balaban J connectivity index is 1.79. The van der Waals surface area contributed by atoms with Crippen molar-refractivity contribution in [1.29, 1.82) is 0 Å². The van der Waals surface area contributed by atoms with Gasteiger partial charge in [0.15, 0.2) is 5.76 Å². The first-order chi connectivity index (χ1) is 11.7. The molecule has 2 aromatic carbocycles. The van der Waals surface area contributed by atoms with Crippen LogP contribution in [0.3, 0.4) is 0 Å². The van der Waals surface area contributed by atoms with E-state index in [4.69, 9.17) is 13.7 Å². The summed E-state index contributed by atoms with van der Waals surface area (Å²) in [5.41, 5.74) is 2.56. The van der Waals surface area contributed by atoms with E-state index in [2.05, 4.69) is 26.1 Å². The van der Waals surface area contributed by atoms with E-state index in [1.165, 1.54) is 0 Å². The molecule has 2 aromatic heterocycles. The van der Waals surface area contributed by atoms with E-state index in [1.54, 1.807) is 7.11 Å². The first-order valence-electron chi connectivity index (χ1n) is 7.33. The Hall–Kier alpha value is -2.60. The molecular weight excluding hydrogens is 372 g/mol. The maximum absolute atomic E-state index is 5.91. The minimum atomic E-state index is 0.428. The summed E-state index contributed by atoms with van der Waals surface area (Å²) in [5.74, 6) is 2.26. The molecule has 120 valence electrons. The lowest BCUT2D eigenvalue weighted by atomic mass is 10.1. The molecule has 0 saturated heterocycles. The molecule has 0 N–H and O–H groups in total. The summed E-state index contributed by atoms with van der Waals surface area (Å²) in [4.78, 5) is 4.47. The molecule has 5 nitrogen and oxygen atoms in total. The molecule has 4 aromatic rings. The summed E-state index contributed by atoms with van der Waals surface area (Å²) < 4.78 is 17.5. The van der Waals surface area contributed by atoms with Gasteiger partial charge in [-0.15, -0.1) is 0 Å². The fourth-order valence-corrected chi connectivity index (χ4v) is 2.99. The van der Waals surface area contributed by atoms with Crippen LogP contribution in [0.15, 0.2) is 55.9 Å². The van der Waals surface area contributed by atoms with Crippen LogP contribution in [0.5, 0.6) is 5.75 Å². The van der Waals surface area contributed by atoms with Gasteiger partial charge in [-0.2, -0.15) is 4.98 Å². The Labute approximate surface area is 146 Å². The highest BCUT2D eigenvalue weighted by Gasteiger charge is 2.19. The van der Waals surface area contributed by atoms with Gasteiger partial charge in [-0.05, 0) is 43.3 Å². The molecule has 0 saturated carbocycles. The lowest BCUT2D eigenvalue weighted by Gasteiger charge is -1.97. The van der Waals surface area contributed by atoms with E-state index in [0.29, 0.717) is 17.5 Å². The van der Waals surface area contributed by atoms with Gasteiger partial charge in [-0.3, -0.25) is 0 Å². The zero-order chi connectivity index (χ0) is 16.7. The average molecular weight is 385 g/mol. The molecule has 0 atom stereocenters. The second-order valence-corrected chi connectivity index (χ2v) is 6.27. The summed E-state index contributed by atoms with van der Waals surface area (Å²) in [7, 11) is 1.64. The second-order valence-electron chi connectivity index (χ2n) is 5.35. The number of rotatable bonds is 3. The maximum Gasteiger partial charge on any atom is 0.258 e. The van der Waals surface area contributed by atoms with Gasteiger partial charge in [-0.1, -0.05) is 27.2 Å². The molecule has 0 aliphatic rings. The molecule has 0 bridgehead atoms. The normalized spacial score (nSPS) is 11.1. The van der Waals surface area contributed by atoms with Gasteiger partial charge in [0.1, 0.15) is 11.3 Å². The van der Waals surface area contributed by atoms with Crippen molar-refractivity contribution < 1.29 is 13.7 Å². The Morgan fingerprint density at radius 3 is 2.79 bits per heavy atom. The van der Waals surface area contributed by atoms with Gasteiger partial charge in [0.2, 0.25) is 5.82 Å². The van der Waals surface area contributed by atoms with Gasteiger partial charge >= 0.3 is 0 Å². The van der Waals surface area contributed by atoms with E-state index in [9.17, 15) is 0 Å². The van der Waals surface area contributed by atoms with E-state index in [0.717, 1.165) is 32.3 Å². The van der Waals surface area contributed by atoms with Crippen molar-refractivity contribution in [2.75, 3.05) is 7.11 Å². The van der Waals surface area contributed by atoms with Crippen molar-refractivity contribution in [3.05, 3.63) is 52.5 Å². The third-order valence-electron chi connectivity index (χ3n) is 3.84. The summed E-state index contributed by atoms with van der Waals surface area (Å²) in [6, 6.07) is 13.4. The number of aromatic nitrogens is 2. The lowest BCUT2D eigenvalue weighted by molar-refractivity contribution is 0.415. The minimum absolute atomic E-state index is 0.428. The van der Waals surface area contributed by atoms with Gasteiger partial charge in [0.05, 0.1) is 7.11 Å². The maximum atomic E-state index is 5.91. The SMILES string of the molecule is COc1ccc2oc(-c3noc(-c4cccc(Br)c4)n3)c(C)c2c1. The molecular formula is C18H13BrN2O3. The number of nitrogens with zero attached hydrogens (tertiary/aromatic N) is 2. The van der Waals surface area contributed by atoms with Crippen molar-refractivity contribution in [3.8, 4) is 28.8 Å². The predicted molar refractivity (Wildman–Crippen MR) is 93.9 cm³/mol.